The van der Waals surface area contributed by atoms with Crippen molar-refractivity contribution in [2.75, 3.05) is 35.5 Å². The second-order valence-corrected chi connectivity index (χ2v) is 9.51. The smallest absolute Gasteiger partial charge is 0.290 e. The number of benzene rings is 3. The van der Waals surface area contributed by atoms with E-state index in [0.717, 1.165) is 0 Å². The highest BCUT2D eigenvalue weighted by Gasteiger charge is 2.53. The third-order valence-electron chi connectivity index (χ3n) is 6.66. The number of aliphatic hydroxyl groups excluding tert-OH is 1. The first-order valence-corrected chi connectivity index (χ1v) is 12.7. The lowest BCUT2D eigenvalue weighted by molar-refractivity contribution is -0.131. The minimum absolute atomic E-state index is 0.0127. The summed E-state index contributed by atoms with van der Waals surface area (Å²) in [6, 6.07) is 13.2. The number of hydrogen-bond acceptors (Lipinski definition) is 8. The molecule has 0 saturated heterocycles. The number of hydrogen-bond donors (Lipinski definition) is 1. The van der Waals surface area contributed by atoms with E-state index in [-0.39, 0.29) is 33.7 Å². The molecule has 0 fully saturated rings. The Hall–Kier alpha value is -4.08. The fraction of sp³-hybridized carbons (Fsp3) is 0.241. The van der Waals surface area contributed by atoms with Crippen LogP contribution >= 0.6 is 23.2 Å². The van der Waals surface area contributed by atoms with Gasteiger partial charge in [0, 0.05) is 12.6 Å². The molecule has 1 amide bonds. The van der Waals surface area contributed by atoms with E-state index in [2.05, 4.69) is 0 Å². The summed E-state index contributed by atoms with van der Waals surface area (Å²) < 4.78 is 27.0. The molecule has 0 saturated carbocycles. The summed E-state index contributed by atoms with van der Waals surface area (Å²) in [7, 11) is 7.17. The number of methoxy groups -OCH3 is 5. The maximum atomic E-state index is 14.7. The average Bonchev–Trinajstić information content (AvgIpc) is 3.22. The predicted octanol–water partition coefficient (Wildman–Crippen LogP) is 5.60. The van der Waals surface area contributed by atoms with Crippen molar-refractivity contribution in [1.29, 1.82) is 0 Å². The van der Waals surface area contributed by atoms with Gasteiger partial charge in [-0.15, -0.1) is 0 Å². The van der Waals surface area contributed by atoms with E-state index in [0.29, 0.717) is 28.4 Å². The average molecular weight is 588 g/mol. The molecule has 9 nitrogen and oxygen atoms in total. The molecule has 0 radical (unpaired) electrons. The largest absolute Gasteiger partial charge is 0.503 e. The minimum Gasteiger partial charge on any atom is -0.503 e. The van der Waals surface area contributed by atoms with Gasteiger partial charge in [0.05, 0.1) is 46.1 Å². The predicted molar refractivity (Wildman–Crippen MR) is 149 cm³/mol. The SMILES string of the molecule is COc1cccc(CN2C(=O)C(O)=CC2(C(=O)c2cc(Cl)c(OC)c(Cl)c2OC)c2ccc(OC)c(OC)c2)c1. The van der Waals surface area contributed by atoms with Crippen LogP contribution in [0.1, 0.15) is 21.5 Å². The van der Waals surface area contributed by atoms with Crippen LogP contribution in [0.4, 0.5) is 0 Å². The normalized spacial score (nSPS) is 16.4. The number of rotatable bonds is 10. The molecular weight excluding hydrogens is 561 g/mol. The molecule has 1 N–H and O–H groups in total. The number of ether oxygens (including phenoxy) is 5. The zero-order valence-corrected chi connectivity index (χ0v) is 23.9. The van der Waals surface area contributed by atoms with Gasteiger partial charge in [-0.3, -0.25) is 9.59 Å². The zero-order valence-electron chi connectivity index (χ0n) is 22.4. The van der Waals surface area contributed by atoms with Gasteiger partial charge in [0.15, 0.2) is 34.3 Å². The molecule has 1 heterocycles. The summed E-state index contributed by atoms with van der Waals surface area (Å²) >= 11 is 13.0. The number of nitrogens with zero attached hydrogens (tertiary/aromatic N) is 1. The number of carbonyl (C=O) groups excluding carboxylic acids is 2. The van der Waals surface area contributed by atoms with Crippen molar-refractivity contribution in [2.45, 2.75) is 12.1 Å². The lowest BCUT2D eigenvalue weighted by Gasteiger charge is -2.37. The molecule has 1 atom stereocenters. The summed E-state index contributed by atoms with van der Waals surface area (Å²) in [5.41, 5.74) is -0.965. The van der Waals surface area contributed by atoms with Crippen LogP contribution in [0.5, 0.6) is 28.7 Å². The van der Waals surface area contributed by atoms with Gasteiger partial charge in [0.2, 0.25) is 5.78 Å². The highest BCUT2D eigenvalue weighted by molar-refractivity contribution is 6.39. The Balaban J connectivity index is 2.02. The molecule has 40 heavy (non-hydrogen) atoms. The Bertz CT molecular complexity index is 1510. The summed E-state index contributed by atoms with van der Waals surface area (Å²) in [6.07, 6.45) is 1.20. The van der Waals surface area contributed by atoms with E-state index in [9.17, 15) is 14.7 Å². The lowest BCUT2D eigenvalue weighted by atomic mass is 9.81. The quantitative estimate of drug-likeness (QED) is 0.306. The number of Topliss-reactive ketones (excluding diaryl/α,β-unsaturated/α-hetero) is 1. The van der Waals surface area contributed by atoms with E-state index >= 15 is 0 Å². The van der Waals surface area contributed by atoms with E-state index in [4.69, 9.17) is 46.9 Å². The van der Waals surface area contributed by atoms with Gasteiger partial charge in [0.1, 0.15) is 10.8 Å². The van der Waals surface area contributed by atoms with Crippen molar-refractivity contribution in [3.05, 3.63) is 87.1 Å². The summed E-state index contributed by atoms with van der Waals surface area (Å²) in [4.78, 5) is 29.5. The van der Waals surface area contributed by atoms with Gasteiger partial charge in [-0.2, -0.15) is 0 Å². The minimum atomic E-state index is -1.88. The lowest BCUT2D eigenvalue weighted by Crippen LogP contribution is -2.49. The van der Waals surface area contributed by atoms with Crippen LogP contribution in [0.15, 0.2) is 60.4 Å². The van der Waals surface area contributed by atoms with Gasteiger partial charge in [-0.25, -0.2) is 0 Å². The summed E-state index contributed by atoms with van der Waals surface area (Å²) in [5, 5.41) is 10.8. The third-order valence-corrected chi connectivity index (χ3v) is 7.29. The molecular formula is C29H27Cl2NO8. The number of carbonyl (C=O) groups is 2. The van der Waals surface area contributed by atoms with Crippen molar-refractivity contribution < 1.29 is 38.4 Å². The number of amides is 1. The summed E-state index contributed by atoms with van der Waals surface area (Å²) in [5.74, 6) is -0.667. The first kappa shape index (κ1) is 28.9. The van der Waals surface area contributed by atoms with E-state index in [1.165, 1.54) is 52.6 Å². The third kappa shape index (κ3) is 4.76. The fourth-order valence-corrected chi connectivity index (χ4v) is 5.45. The Labute approximate surface area is 241 Å². The van der Waals surface area contributed by atoms with Crippen molar-refractivity contribution in [1.82, 2.24) is 4.90 Å². The first-order chi connectivity index (χ1) is 19.2. The number of aliphatic hydroxyl groups is 1. The number of ketones is 1. The van der Waals surface area contributed by atoms with Crippen LogP contribution in [0.25, 0.3) is 0 Å². The first-order valence-electron chi connectivity index (χ1n) is 11.9. The van der Waals surface area contributed by atoms with Crippen LogP contribution in [0.2, 0.25) is 10.0 Å². The molecule has 0 aliphatic carbocycles. The molecule has 1 aliphatic heterocycles. The van der Waals surface area contributed by atoms with Gasteiger partial charge in [-0.05, 0) is 41.5 Å². The Morgan fingerprint density at radius 3 is 2.20 bits per heavy atom. The molecule has 1 aliphatic rings. The maximum Gasteiger partial charge on any atom is 0.290 e. The number of halogens is 2. The molecule has 4 rings (SSSR count). The molecule has 0 bridgehead atoms. The summed E-state index contributed by atoms with van der Waals surface area (Å²) in [6.45, 7) is -0.0728. The van der Waals surface area contributed by atoms with Crippen molar-refractivity contribution in [3.63, 3.8) is 0 Å². The standard InChI is InChI=1S/C29H27Cl2NO8/c1-36-18-8-6-7-16(11-18)15-32-28(35)21(33)14-29(32,17-9-10-22(37-2)23(12-17)38-3)27(34)19-13-20(30)26(40-5)24(31)25(19)39-4/h6-14,33H,15H2,1-5H3. The molecule has 1 unspecified atom stereocenters. The van der Waals surface area contributed by atoms with Crippen molar-refractivity contribution >= 4 is 34.9 Å². The Morgan fingerprint density at radius 2 is 1.57 bits per heavy atom. The highest BCUT2D eigenvalue weighted by Crippen LogP contribution is 2.48. The van der Waals surface area contributed by atoms with Crippen LogP contribution in [0, 0.1) is 0 Å². The zero-order chi connectivity index (χ0) is 29.2. The van der Waals surface area contributed by atoms with Crippen LogP contribution < -0.4 is 23.7 Å². The van der Waals surface area contributed by atoms with Gasteiger partial charge in [-0.1, -0.05) is 41.4 Å². The van der Waals surface area contributed by atoms with Gasteiger partial charge < -0.3 is 33.7 Å². The van der Waals surface area contributed by atoms with Gasteiger partial charge in [0.25, 0.3) is 5.91 Å². The van der Waals surface area contributed by atoms with E-state index < -0.39 is 23.0 Å². The van der Waals surface area contributed by atoms with E-state index in [1.54, 1.807) is 42.5 Å². The molecule has 11 heteroatoms. The molecule has 3 aromatic rings. The second-order valence-electron chi connectivity index (χ2n) is 8.72. The van der Waals surface area contributed by atoms with Crippen LogP contribution in [-0.2, 0) is 16.9 Å². The molecule has 0 aromatic heterocycles. The monoisotopic (exact) mass is 587 g/mol. The second kappa shape index (κ2) is 11.6. The maximum absolute atomic E-state index is 14.7. The molecule has 210 valence electrons. The van der Waals surface area contributed by atoms with Crippen molar-refractivity contribution in [2.24, 2.45) is 0 Å². The van der Waals surface area contributed by atoms with Gasteiger partial charge >= 0.3 is 0 Å². The van der Waals surface area contributed by atoms with Crippen LogP contribution in [-0.4, -0.2) is 57.2 Å². The fourth-order valence-electron chi connectivity index (χ4n) is 4.76. The van der Waals surface area contributed by atoms with Crippen LogP contribution in [0.3, 0.4) is 0 Å². The molecule has 3 aromatic carbocycles. The topological polar surface area (TPSA) is 104 Å². The van der Waals surface area contributed by atoms with Crippen molar-refractivity contribution in [3.8, 4) is 28.7 Å². The Kier molecular flexibility index (Phi) is 8.37. The highest BCUT2D eigenvalue weighted by atomic mass is 35.5. The molecule has 0 spiro atoms. The van der Waals surface area contributed by atoms with E-state index in [1.807, 2.05) is 0 Å². The Morgan fingerprint density at radius 1 is 0.875 bits per heavy atom.